The first-order valence-electron chi connectivity index (χ1n) is 4.86. The van der Waals surface area contributed by atoms with Crippen LogP contribution in [0.1, 0.15) is 25.5 Å². The average molecular weight is 213 g/mol. The van der Waals surface area contributed by atoms with Gasteiger partial charge in [0, 0.05) is 17.7 Å². The lowest BCUT2D eigenvalue weighted by molar-refractivity contribution is 0.121. The highest BCUT2D eigenvalue weighted by molar-refractivity contribution is 5.36. The van der Waals surface area contributed by atoms with E-state index in [9.17, 15) is 4.39 Å². The van der Waals surface area contributed by atoms with E-state index >= 15 is 0 Å². The van der Waals surface area contributed by atoms with Gasteiger partial charge in [-0.25, -0.2) is 4.39 Å². The maximum atomic E-state index is 13.0. The number of ether oxygens (including phenoxy) is 1. The van der Waals surface area contributed by atoms with E-state index in [1.807, 2.05) is 0 Å². The molecule has 0 radical (unpaired) electrons. The molecule has 3 nitrogen and oxygen atoms in total. The van der Waals surface area contributed by atoms with Gasteiger partial charge in [-0.2, -0.15) is 0 Å². The molecule has 0 aliphatic heterocycles. The highest BCUT2D eigenvalue weighted by atomic mass is 19.1. The van der Waals surface area contributed by atoms with Crippen LogP contribution in [0, 0.1) is 5.82 Å². The average Bonchev–Trinajstić information content (AvgIpc) is 2.14. The van der Waals surface area contributed by atoms with E-state index in [0.29, 0.717) is 5.75 Å². The van der Waals surface area contributed by atoms with Crippen LogP contribution in [-0.2, 0) is 0 Å². The number of hydrogen-bond donors (Lipinski definition) is 2. The van der Waals surface area contributed by atoms with Crippen molar-refractivity contribution in [1.82, 2.24) is 0 Å². The van der Waals surface area contributed by atoms with Gasteiger partial charge in [0.15, 0.2) is 0 Å². The Bertz CT molecular complexity index is 326. The first-order valence-corrected chi connectivity index (χ1v) is 4.86. The summed E-state index contributed by atoms with van der Waals surface area (Å²) in [6, 6.07) is 3.99. The number of aliphatic hydroxyl groups excluding tert-OH is 1. The quantitative estimate of drug-likeness (QED) is 0.798. The number of hydrogen-bond acceptors (Lipinski definition) is 3. The molecule has 0 saturated carbocycles. The van der Waals surface area contributed by atoms with Crippen LogP contribution in [-0.4, -0.2) is 17.8 Å². The second kappa shape index (κ2) is 5.09. The summed E-state index contributed by atoms with van der Waals surface area (Å²) in [5, 5.41) is 9.06. The summed E-state index contributed by atoms with van der Waals surface area (Å²) >= 11 is 0. The Hall–Kier alpha value is -1.13. The highest BCUT2D eigenvalue weighted by Gasteiger charge is 2.10. The maximum absolute atomic E-state index is 13.0. The predicted molar refractivity (Wildman–Crippen MR) is 56.2 cm³/mol. The molecule has 0 heterocycles. The molecule has 15 heavy (non-hydrogen) atoms. The van der Waals surface area contributed by atoms with Gasteiger partial charge in [-0.3, -0.25) is 0 Å². The Morgan fingerprint density at radius 1 is 1.47 bits per heavy atom. The Morgan fingerprint density at radius 3 is 2.67 bits per heavy atom. The van der Waals surface area contributed by atoms with Crippen LogP contribution in [0.2, 0.25) is 0 Å². The normalized spacial score (nSPS) is 14.7. The van der Waals surface area contributed by atoms with E-state index < -0.39 is 6.10 Å². The molecule has 0 aliphatic carbocycles. The van der Waals surface area contributed by atoms with Crippen molar-refractivity contribution in [2.75, 3.05) is 6.61 Å². The molecule has 4 heteroatoms. The van der Waals surface area contributed by atoms with E-state index in [1.54, 1.807) is 19.9 Å². The fourth-order valence-electron chi connectivity index (χ4n) is 1.22. The summed E-state index contributed by atoms with van der Waals surface area (Å²) in [5.41, 5.74) is 6.44. The standard InChI is InChI=1S/C11H16FNO2/c1-7(14)6-15-11-5-9(12)3-4-10(11)8(2)13/h3-5,7-8,14H,6,13H2,1-2H3. The van der Waals surface area contributed by atoms with Crippen LogP contribution in [0.5, 0.6) is 5.75 Å². The zero-order valence-electron chi connectivity index (χ0n) is 8.90. The molecule has 0 aromatic heterocycles. The highest BCUT2D eigenvalue weighted by Crippen LogP contribution is 2.24. The van der Waals surface area contributed by atoms with E-state index in [0.717, 1.165) is 5.56 Å². The fraction of sp³-hybridized carbons (Fsp3) is 0.455. The summed E-state index contributed by atoms with van der Waals surface area (Å²) < 4.78 is 18.2. The van der Waals surface area contributed by atoms with Gasteiger partial charge in [0.2, 0.25) is 0 Å². The van der Waals surface area contributed by atoms with Crippen molar-refractivity contribution in [1.29, 1.82) is 0 Å². The molecule has 84 valence electrons. The summed E-state index contributed by atoms with van der Waals surface area (Å²) in [6.45, 7) is 3.52. The largest absolute Gasteiger partial charge is 0.490 e. The minimum absolute atomic E-state index is 0.128. The topological polar surface area (TPSA) is 55.5 Å². The zero-order chi connectivity index (χ0) is 11.4. The van der Waals surface area contributed by atoms with Crippen LogP contribution in [0.15, 0.2) is 18.2 Å². The van der Waals surface area contributed by atoms with Crippen LogP contribution < -0.4 is 10.5 Å². The first-order chi connectivity index (χ1) is 7.00. The molecule has 1 aromatic rings. The summed E-state index contributed by atoms with van der Waals surface area (Å²) in [6.07, 6.45) is -0.589. The van der Waals surface area contributed by atoms with Crippen molar-refractivity contribution in [3.8, 4) is 5.75 Å². The van der Waals surface area contributed by atoms with Crippen LogP contribution in [0.4, 0.5) is 4.39 Å². The minimum Gasteiger partial charge on any atom is -0.490 e. The maximum Gasteiger partial charge on any atom is 0.127 e. The molecule has 1 rings (SSSR count). The lowest BCUT2D eigenvalue weighted by atomic mass is 10.1. The number of nitrogens with two attached hydrogens (primary N) is 1. The predicted octanol–water partition coefficient (Wildman–Crippen LogP) is 1.60. The van der Waals surface area contributed by atoms with Crippen LogP contribution in [0.3, 0.4) is 0 Å². The van der Waals surface area contributed by atoms with Crippen LogP contribution >= 0.6 is 0 Å². The van der Waals surface area contributed by atoms with Gasteiger partial charge in [-0.15, -0.1) is 0 Å². The van der Waals surface area contributed by atoms with Crippen LogP contribution in [0.25, 0.3) is 0 Å². The molecule has 0 aliphatic rings. The van der Waals surface area contributed by atoms with Crippen molar-refractivity contribution < 1.29 is 14.2 Å². The van der Waals surface area contributed by atoms with Crippen molar-refractivity contribution in [3.63, 3.8) is 0 Å². The Kier molecular flexibility index (Phi) is 4.05. The third-order valence-electron chi connectivity index (χ3n) is 1.95. The molecular formula is C11H16FNO2. The molecule has 0 fully saturated rings. The molecule has 1 aromatic carbocycles. The molecule has 3 N–H and O–H groups in total. The molecule has 0 amide bonds. The minimum atomic E-state index is -0.589. The molecule has 2 atom stereocenters. The van der Waals surface area contributed by atoms with Gasteiger partial charge >= 0.3 is 0 Å². The lowest BCUT2D eigenvalue weighted by Gasteiger charge is -2.14. The van der Waals surface area contributed by atoms with Gasteiger partial charge in [0.1, 0.15) is 18.2 Å². The summed E-state index contributed by atoms with van der Waals surface area (Å²) in [7, 11) is 0. The van der Waals surface area contributed by atoms with Gasteiger partial charge in [-0.05, 0) is 19.9 Å². The van der Waals surface area contributed by atoms with Crippen molar-refractivity contribution in [2.45, 2.75) is 26.0 Å². The summed E-state index contributed by atoms with van der Waals surface area (Å²) in [4.78, 5) is 0. The van der Waals surface area contributed by atoms with Crippen molar-refractivity contribution in [2.24, 2.45) is 5.73 Å². The first kappa shape index (κ1) is 11.9. The molecule has 2 unspecified atom stereocenters. The van der Waals surface area contributed by atoms with Crippen molar-refractivity contribution >= 4 is 0 Å². The Labute approximate surface area is 88.7 Å². The fourth-order valence-corrected chi connectivity index (χ4v) is 1.22. The second-order valence-corrected chi connectivity index (χ2v) is 3.63. The molecule has 0 spiro atoms. The van der Waals surface area contributed by atoms with Gasteiger partial charge < -0.3 is 15.6 Å². The van der Waals surface area contributed by atoms with Gasteiger partial charge in [-0.1, -0.05) is 6.07 Å². The molecule has 0 saturated heterocycles. The summed E-state index contributed by atoms with van der Waals surface area (Å²) in [5.74, 6) is 0.0193. The van der Waals surface area contributed by atoms with E-state index in [2.05, 4.69) is 0 Å². The number of halogens is 1. The Balaban J connectivity index is 2.87. The van der Waals surface area contributed by atoms with E-state index in [-0.39, 0.29) is 18.5 Å². The molecular weight excluding hydrogens is 197 g/mol. The lowest BCUT2D eigenvalue weighted by Crippen LogP contribution is -2.15. The zero-order valence-corrected chi connectivity index (χ0v) is 8.90. The Morgan fingerprint density at radius 2 is 2.13 bits per heavy atom. The smallest absolute Gasteiger partial charge is 0.127 e. The number of rotatable bonds is 4. The monoisotopic (exact) mass is 213 g/mol. The number of benzene rings is 1. The third-order valence-corrected chi connectivity index (χ3v) is 1.95. The van der Waals surface area contributed by atoms with Crippen molar-refractivity contribution in [3.05, 3.63) is 29.6 Å². The SMILES string of the molecule is CC(O)COc1cc(F)ccc1C(C)N. The van der Waals surface area contributed by atoms with E-state index in [1.165, 1.54) is 12.1 Å². The second-order valence-electron chi connectivity index (χ2n) is 3.63. The molecule has 0 bridgehead atoms. The van der Waals surface area contributed by atoms with Gasteiger partial charge in [0.05, 0.1) is 6.10 Å². The third kappa shape index (κ3) is 3.49. The number of aliphatic hydroxyl groups is 1. The van der Waals surface area contributed by atoms with Gasteiger partial charge in [0.25, 0.3) is 0 Å². The van der Waals surface area contributed by atoms with E-state index in [4.69, 9.17) is 15.6 Å².